The first-order valence-electron chi connectivity index (χ1n) is 17.9. The molecule has 5 aliphatic rings. The Hall–Kier alpha value is -3.41. The Morgan fingerprint density at radius 2 is 1.74 bits per heavy atom. The van der Waals surface area contributed by atoms with Gasteiger partial charge in [0.15, 0.2) is 5.82 Å². The minimum atomic E-state index is -2.52. The highest BCUT2D eigenvalue weighted by molar-refractivity contribution is 6.35. The zero-order chi connectivity index (χ0) is 34.6. The molecule has 9 rings (SSSR count). The smallest absolute Gasteiger partial charge is 0.319 e. The highest BCUT2D eigenvalue weighted by Crippen LogP contribution is 2.66. The van der Waals surface area contributed by atoms with Crippen molar-refractivity contribution in [1.29, 1.82) is 0 Å². The predicted molar refractivity (Wildman–Crippen MR) is 185 cm³/mol. The number of fused-ring (bicyclic) bond motifs is 4. The average Bonchev–Trinajstić information content (AvgIpc) is 3.93. The van der Waals surface area contributed by atoms with Crippen molar-refractivity contribution in [3.63, 3.8) is 0 Å². The third-order valence-corrected chi connectivity index (χ3v) is 12.5. The molecule has 4 aromatic rings. The summed E-state index contributed by atoms with van der Waals surface area (Å²) in [6.45, 7) is 5.61. The molecule has 3 aliphatic heterocycles. The third kappa shape index (κ3) is 5.37. The molecule has 2 bridgehead atoms. The maximum Gasteiger partial charge on any atom is 0.319 e. The van der Waals surface area contributed by atoms with E-state index in [-0.39, 0.29) is 57.3 Å². The number of benzene rings is 3. The van der Waals surface area contributed by atoms with Gasteiger partial charge < -0.3 is 25.0 Å². The number of piperidine rings is 1. The quantitative estimate of drug-likeness (QED) is 0.181. The van der Waals surface area contributed by atoms with Gasteiger partial charge in [-0.2, -0.15) is 9.97 Å². The topological polar surface area (TPSA) is 73.8 Å². The highest BCUT2D eigenvalue weighted by Gasteiger charge is 2.70. The SMILES string of the molecule is CCc1c(F)ccc2cc(O)cc(-c3c(Cl)cc4c(N5CC6CCC(C5)N6)nc(OCC5(CN6CCC7(CC6)CC7(F)F)CC5)nc4c3F)c12. The van der Waals surface area contributed by atoms with Crippen LogP contribution in [0.2, 0.25) is 5.02 Å². The van der Waals surface area contributed by atoms with Crippen molar-refractivity contribution >= 4 is 39.1 Å². The van der Waals surface area contributed by atoms with Gasteiger partial charge >= 0.3 is 6.01 Å². The van der Waals surface area contributed by atoms with Crippen molar-refractivity contribution in [2.24, 2.45) is 10.8 Å². The molecule has 1 aromatic heterocycles. The Morgan fingerprint density at radius 1 is 1.02 bits per heavy atom. The van der Waals surface area contributed by atoms with E-state index in [9.17, 15) is 13.9 Å². The first-order valence-corrected chi connectivity index (χ1v) is 18.2. The van der Waals surface area contributed by atoms with Gasteiger partial charge in [-0.05, 0) is 104 Å². The number of aromatic hydroxyl groups is 1. The van der Waals surface area contributed by atoms with E-state index in [1.165, 1.54) is 18.2 Å². The number of halogens is 5. The van der Waals surface area contributed by atoms with Crippen LogP contribution in [0, 0.1) is 22.5 Å². The summed E-state index contributed by atoms with van der Waals surface area (Å²) in [5.74, 6) is -3.17. The molecule has 0 radical (unpaired) electrons. The second-order valence-corrected chi connectivity index (χ2v) is 15.9. The molecule has 7 nitrogen and oxygen atoms in total. The zero-order valence-electron chi connectivity index (χ0n) is 28.0. The van der Waals surface area contributed by atoms with Gasteiger partial charge in [0.25, 0.3) is 5.92 Å². The van der Waals surface area contributed by atoms with Gasteiger partial charge in [-0.3, -0.25) is 0 Å². The lowest BCUT2D eigenvalue weighted by atomic mass is 9.92. The van der Waals surface area contributed by atoms with Crippen molar-refractivity contribution in [1.82, 2.24) is 20.2 Å². The minimum absolute atomic E-state index is 0.0140. The molecule has 2 aliphatic carbocycles. The lowest BCUT2D eigenvalue weighted by molar-refractivity contribution is 0.0252. The lowest BCUT2D eigenvalue weighted by Gasteiger charge is -2.35. The Labute approximate surface area is 293 Å². The van der Waals surface area contributed by atoms with Gasteiger partial charge in [0.1, 0.15) is 22.9 Å². The number of ether oxygens (including phenoxy) is 1. The van der Waals surface area contributed by atoms with E-state index in [4.69, 9.17) is 21.3 Å². The van der Waals surface area contributed by atoms with Crippen LogP contribution in [-0.2, 0) is 6.42 Å². The molecule has 0 amide bonds. The van der Waals surface area contributed by atoms with Crippen molar-refractivity contribution in [3.05, 3.63) is 52.6 Å². The van der Waals surface area contributed by atoms with Crippen LogP contribution >= 0.6 is 11.6 Å². The second kappa shape index (κ2) is 11.5. The number of nitrogens with zero attached hydrogens (tertiary/aromatic N) is 4. The number of hydrogen-bond acceptors (Lipinski definition) is 7. The standard InChI is InChI=1S/C38H40ClF4N5O2/c1-2-25-29(40)6-3-21-13-24(49)14-26(30(21)25)31-28(39)15-27-33(32(31)41)45-35(46-34(27)48-16-22-4-5-23(17-48)44-22)50-20-36(7-8-36)19-47-11-9-37(10-12-47)18-38(37,42)43/h3,6,13-15,22-23,44,49H,2,4-5,7-12,16-20H2,1H3. The number of alkyl halides is 2. The summed E-state index contributed by atoms with van der Waals surface area (Å²) < 4.78 is 66.5. The summed E-state index contributed by atoms with van der Waals surface area (Å²) in [5.41, 5.74) is -0.169. The maximum atomic E-state index is 17.1. The van der Waals surface area contributed by atoms with E-state index < -0.39 is 23.0 Å². The predicted octanol–water partition coefficient (Wildman–Crippen LogP) is 7.87. The number of rotatable bonds is 8. The summed E-state index contributed by atoms with van der Waals surface area (Å²) in [7, 11) is 0. The Balaban J connectivity index is 1.09. The van der Waals surface area contributed by atoms with Gasteiger partial charge in [-0.1, -0.05) is 24.6 Å². The highest BCUT2D eigenvalue weighted by atomic mass is 35.5. The Kier molecular flexibility index (Phi) is 7.51. The van der Waals surface area contributed by atoms with E-state index in [0.29, 0.717) is 79.6 Å². The summed E-state index contributed by atoms with van der Waals surface area (Å²) >= 11 is 6.93. The van der Waals surface area contributed by atoms with E-state index >= 15 is 8.78 Å². The number of aryl methyl sites for hydroxylation is 1. The van der Waals surface area contributed by atoms with Crippen LogP contribution in [0.15, 0.2) is 30.3 Å². The maximum absolute atomic E-state index is 17.1. The molecule has 3 saturated heterocycles. The van der Waals surface area contributed by atoms with Crippen LogP contribution in [0.4, 0.5) is 23.4 Å². The summed E-state index contributed by atoms with van der Waals surface area (Å²) in [6.07, 6.45) is 5.40. The second-order valence-electron chi connectivity index (χ2n) is 15.5. The molecule has 1 spiro atoms. The molecule has 12 heteroatoms. The van der Waals surface area contributed by atoms with Crippen LogP contribution in [0.25, 0.3) is 32.8 Å². The van der Waals surface area contributed by atoms with E-state index in [2.05, 4.69) is 20.1 Å². The summed E-state index contributed by atoms with van der Waals surface area (Å²) in [4.78, 5) is 14.0. The first kappa shape index (κ1) is 32.5. The minimum Gasteiger partial charge on any atom is -0.508 e. The summed E-state index contributed by atoms with van der Waals surface area (Å²) in [5, 5.41) is 15.9. The number of aromatic nitrogens is 2. The lowest BCUT2D eigenvalue weighted by Crippen LogP contribution is -2.51. The van der Waals surface area contributed by atoms with E-state index in [1.54, 1.807) is 12.1 Å². The summed E-state index contributed by atoms with van der Waals surface area (Å²) in [6, 6.07) is 8.20. The molecular formula is C38H40ClF4N5O2. The number of hydrogen-bond donors (Lipinski definition) is 2. The molecule has 50 heavy (non-hydrogen) atoms. The normalized spacial score (nSPS) is 24.7. The largest absolute Gasteiger partial charge is 0.508 e. The average molecular weight is 710 g/mol. The van der Waals surface area contributed by atoms with Gasteiger partial charge in [-0.25, -0.2) is 17.6 Å². The fraction of sp³-hybridized carbons (Fsp3) is 0.526. The van der Waals surface area contributed by atoms with E-state index in [1.807, 2.05) is 6.92 Å². The molecule has 264 valence electrons. The molecule has 2 unspecified atom stereocenters. The number of phenols is 1. The van der Waals surface area contributed by atoms with Crippen molar-refractivity contribution < 1.29 is 27.4 Å². The van der Waals surface area contributed by atoms with Crippen molar-refractivity contribution in [2.45, 2.75) is 76.3 Å². The Bertz CT molecular complexity index is 2020. The molecule has 5 fully saturated rings. The first-order chi connectivity index (χ1) is 24.0. The van der Waals surface area contributed by atoms with Gasteiger partial charge in [0.2, 0.25) is 0 Å². The molecule has 4 heterocycles. The number of likely N-dealkylation sites (tertiary alicyclic amines) is 1. The van der Waals surface area contributed by atoms with Gasteiger partial charge in [0, 0.05) is 59.9 Å². The van der Waals surface area contributed by atoms with Crippen LogP contribution in [-0.4, -0.2) is 77.3 Å². The fourth-order valence-electron chi connectivity index (χ4n) is 9.00. The zero-order valence-corrected chi connectivity index (χ0v) is 28.7. The van der Waals surface area contributed by atoms with Crippen LogP contribution < -0.4 is 15.0 Å². The number of phenolic OH excluding ortho intramolecular Hbond substituents is 1. The van der Waals surface area contributed by atoms with E-state index in [0.717, 1.165) is 32.2 Å². The van der Waals surface area contributed by atoms with Crippen molar-refractivity contribution in [3.8, 4) is 22.9 Å². The number of anilines is 1. The molecule has 2 atom stereocenters. The van der Waals surface area contributed by atoms with Crippen LogP contribution in [0.1, 0.15) is 57.4 Å². The molecule has 2 N–H and O–H groups in total. The molecular weight excluding hydrogens is 670 g/mol. The number of nitrogens with one attached hydrogen (secondary N) is 1. The third-order valence-electron chi connectivity index (χ3n) is 12.2. The van der Waals surface area contributed by atoms with Crippen LogP contribution in [0.5, 0.6) is 11.8 Å². The molecule has 2 saturated carbocycles. The Morgan fingerprint density at radius 3 is 2.40 bits per heavy atom. The van der Waals surface area contributed by atoms with Gasteiger partial charge in [0.05, 0.1) is 11.6 Å². The van der Waals surface area contributed by atoms with Gasteiger partial charge in [-0.15, -0.1) is 0 Å². The molecule has 3 aromatic carbocycles. The van der Waals surface area contributed by atoms with Crippen LogP contribution in [0.3, 0.4) is 0 Å². The van der Waals surface area contributed by atoms with Crippen molar-refractivity contribution in [2.75, 3.05) is 44.2 Å². The monoisotopic (exact) mass is 709 g/mol. The fourth-order valence-corrected chi connectivity index (χ4v) is 9.30. The number of piperazine rings is 1.